The van der Waals surface area contributed by atoms with Gasteiger partial charge in [-0.2, -0.15) is 0 Å². The summed E-state index contributed by atoms with van der Waals surface area (Å²) in [6, 6.07) is 0. The molecule has 0 aliphatic rings. The van der Waals surface area contributed by atoms with Gasteiger partial charge < -0.3 is 9.47 Å². The minimum Gasteiger partial charge on any atom is -0.434 e. The van der Waals surface area contributed by atoms with Gasteiger partial charge in [-0.1, -0.05) is 67.8 Å². The largest absolute Gasteiger partial charge is 0.508 e. The van der Waals surface area contributed by atoms with Crippen molar-refractivity contribution in [2.75, 3.05) is 11.9 Å². The summed E-state index contributed by atoms with van der Waals surface area (Å²) in [5, 5.41) is 1.01. The second kappa shape index (κ2) is 17.1. The van der Waals surface area contributed by atoms with Crippen molar-refractivity contribution in [1.29, 1.82) is 0 Å². The van der Waals surface area contributed by atoms with Gasteiger partial charge in [-0.3, -0.25) is 0 Å². The highest BCUT2D eigenvalue weighted by molar-refractivity contribution is 9.09. The van der Waals surface area contributed by atoms with Crippen LogP contribution in [0.2, 0.25) is 0 Å². The van der Waals surface area contributed by atoms with Crippen LogP contribution in [0.3, 0.4) is 0 Å². The van der Waals surface area contributed by atoms with Gasteiger partial charge >= 0.3 is 6.16 Å². The minimum absolute atomic E-state index is 0.0323. The Morgan fingerprint density at radius 2 is 1.50 bits per heavy atom. The van der Waals surface area contributed by atoms with Crippen LogP contribution in [0.4, 0.5) is 4.79 Å². The highest BCUT2D eigenvalue weighted by Gasteiger charge is 2.10. The molecule has 0 N–H and O–H groups in total. The van der Waals surface area contributed by atoms with Crippen LogP contribution in [-0.4, -0.2) is 24.2 Å². The summed E-state index contributed by atoms with van der Waals surface area (Å²) in [7, 11) is 0. The molecule has 0 saturated carbocycles. The van der Waals surface area contributed by atoms with E-state index in [1.54, 1.807) is 0 Å². The molecular formula is C18H35BrO3. The molecule has 0 aliphatic carbocycles. The van der Waals surface area contributed by atoms with E-state index in [0.717, 1.165) is 37.4 Å². The highest BCUT2D eigenvalue weighted by Crippen LogP contribution is 2.12. The number of carbonyl (C=O) groups is 1. The zero-order valence-electron chi connectivity index (χ0n) is 14.6. The molecule has 0 spiro atoms. The van der Waals surface area contributed by atoms with Gasteiger partial charge in [0.2, 0.25) is 0 Å². The lowest BCUT2D eigenvalue weighted by molar-refractivity contribution is 0.0252. The van der Waals surface area contributed by atoms with Crippen LogP contribution in [0, 0.1) is 0 Å². The van der Waals surface area contributed by atoms with Crippen molar-refractivity contribution in [2.45, 2.75) is 97.0 Å². The fraction of sp³-hybridized carbons (Fsp3) is 0.944. The van der Waals surface area contributed by atoms with Gasteiger partial charge in [-0.25, -0.2) is 4.79 Å². The van der Waals surface area contributed by atoms with Gasteiger partial charge in [0, 0.05) is 5.33 Å². The quantitative estimate of drug-likeness (QED) is 0.182. The van der Waals surface area contributed by atoms with Crippen molar-refractivity contribution in [3.05, 3.63) is 0 Å². The number of hydrogen-bond donors (Lipinski definition) is 0. The number of unbranched alkanes of at least 4 members (excludes halogenated alkanes) is 9. The van der Waals surface area contributed by atoms with E-state index < -0.39 is 6.16 Å². The van der Waals surface area contributed by atoms with Crippen LogP contribution in [-0.2, 0) is 9.47 Å². The molecule has 0 bridgehead atoms. The Hall–Kier alpha value is -0.250. The van der Waals surface area contributed by atoms with Gasteiger partial charge in [-0.05, 0) is 39.0 Å². The zero-order valence-corrected chi connectivity index (χ0v) is 16.2. The third kappa shape index (κ3) is 16.1. The summed E-state index contributed by atoms with van der Waals surface area (Å²) in [5.41, 5.74) is 0. The fourth-order valence-corrected chi connectivity index (χ4v) is 2.75. The normalized spacial score (nSPS) is 12.1. The molecule has 3 nitrogen and oxygen atoms in total. The number of hydrogen-bond acceptors (Lipinski definition) is 3. The Morgan fingerprint density at radius 3 is 2.14 bits per heavy atom. The maximum absolute atomic E-state index is 11.5. The van der Waals surface area contributed by atoms with Crippen molar-refractivity contribution in [3.8, 4) is 0 Å². The second-order valence-corrected chi connectivity index (χ2v) is 6.83. The number of alkyl halides is 1. The summed E-state index contributed by atoms with van der Waals surface area (Å²) in [4.78, 5) is 11.5. The van der Waals surface area contributed by atoms with Crippen LogP contribution in [0.5, 0.6) is 0 Å². The predicted molar refractivity (Wildman–Crippen MR) is 96.8 cm³/mol. The molecule has 0 aromatic rings. The van der Waals surface area contributed by atoms with Crippen molar-refractivity contribution >= 4 is 22.1 Å². The molecular weight excluding hydrogens is 344 g/mol. The predicted octanol–water partition coefficient (Wildman–Crippen LogP) is 6.62. The first-order valence-electron chi connectivity index (χ1n) is 9.10. The topological polar surface area (TPSA) is 35.5 Å². The van der Waals surface area contributed by atoms with Gasteiger partial charge in [0.1, 0.15) is 6.10 Å². The molecule has 0 saturated heterocycles. The molecule has 1 atom stereocenters. The summed E-state index contributed by atoms with van der Waals surface area (Å²) in [6.07, 6.45) is 13.9. The third-order valence-electron chi connectivity index (χ3n) is 3.76. The SMILES string of the molecule is CCCCCCCCCCC(C)OC(=O)OCCCCCBr. The molecule has 22 heavy (non-hydrogen) atoms. The van der Waals surface area contributed by atoms with Crippen LogP contribution < -0.4 is 0 Å². The lowest BCUT2D eigenvalue weighted by atomic mass is 10.1. The third-order valence-corrected chi connectivity index (χ3v) is 4.32. The van der Waals surface area contributed by atoms with Crippen molar-refractivity contribution in [2.24, 2.45) is 0 Å². The molecule has 0 radical (unpaired) electrons. The van der Waals surface area contributed by atoms with Crippen LogP contribution in [0.25, 0.3) is 0 Å². The summed E-state index contributed by atoms with van der Waals surface area (Å²) >= 11 is 3.38. The van der Waals surface area contributed by atoms with E-state index >= 15 is 0 Å². The lowest BCUT2D eigenvalue weighted by Crippen LogP contribution is -2.16. The Kier molecular flexibility index (Phi) is 16.9. The minimum atomic E-state index is -0.508. The molecule has 0 fully saturated rings. The van der Waals surface area contributed by atoms with E-state index in [9.17, 15) is 4.79 Å². The van der Waals surface area contributed by atoms with E-state index in [2.05, 4.69) is 22.9 Å². The molecule has 0 aliphatic heterocycles. The van der Waals surface area contributed by atoms with Crippen LogP contribution in [0.15, 0.2) is 0 Å². The number of rotatable bonds is 15. The van der Waals surface area contributed by atoms with E-state index in [4.69, 9.17) is 9.47 Å². The molecule has 132 valence electrons. The highest BCUT2D eigenvalue weighted by atomic mass is 79.9. The van der Waals surface area contributed by atoms with E-state index in [1.165, 1.54) is 44.9 Å². The first-order chi connectivity index (χ1) is 10.7. The first kappa shape index (κ1) is 21.8. The van der Waals surface area contributed by atoms with Crippen molar-refractivity contribution in [3.63, 3.8) is 0 Å². The number of carbonyl (C=O) groups excluding carboxylic acids is 1. The monoisotopic (exact) mass is 378 g/mol. The number of ether oxygens (including phenoxy) is 2. The summed E-state index contributed by atoms with van der Waals surface area (Å²) in [6.45, 7) is 4.67. The van der Waals surface area contributed by atoms with E-state index in [0.29, 0.717) is 6.61 Å². The molecule has 0 rings (SSSR count). The van der Waals surface area contributed by atoms with Gasteiger partial charge in [0.05, 0.1) is 6.61 Å². The zero-order chi connectivity index (χ0) is 16.5. The maximum atomic E-state index is 11.5. The summed E-state index contributed by atoms with van der Waals surface area (Å²) in [5.74, 6) is 0. The first-order valence-corrected chi connectivity index (χ1v) is 10.2. The van der Waals surface area contributed by atoms with Crippen LogP contribution >= 0.6 is 15.9 Å². The summed E-state index contributed by atoms with van der Waals surface area (Å²) < 4.78 is 10.3. The Morgan fingerprint density at radius 1 is 0.909 bits per heavy atom. The maximum Gasteiger partial charge on any atom is 0.508 e. The molecule has 4 heteroatoms. The Bertz CT molecular complexity index is 246. The molecule has 0 aromatic carbocycles. The Balaban J connectivity index is 3.33. The fourth-order valence-electron chi connectivity index (χ4n) is 2.35. The molecule has 0 heterocycles. The molecule has 0 aromatic heterocycles. The van der Waals surface area contributed by atoms with Crippen molar-refractivity contribution < 1.29 is 14.3 Å². The van der Waals surface area contributed by atoms with Gasteiger partial charge in [-0.15, -0.1) is 0 Å². The molecule has 0 amide bonds. The van der Waals surface area contributed by atoms with Crippen LogP contribution in [0.1, 0.15) is 90.9 Å². The molecule has 1 unspecified atom stereocenters. The van der Waals surface area contributed by atoms with E-state index in [-0.39, 0.29) is 6.10 Å². The van der Waals surface area contributed by atoms with Crippen molar-refractivity contribution in [1.82, 2.24) is 0 Å². The lowest BCUT2D eigenvalue weighted by Gasteiger charge is -2.13. The number of halogens is 1. The standard InChI is InChI=1S/C18H35BrO3/c1-3-4-5-6-7-8-9-11-14-17(2)22-18(20)21-16-13-10-12-15-19/h17H,3-16H2,1-2H3. The average Bonchev–Trinajstić information content (AvgIpc) is 2.49. The Labute approximate surface area is 145 Å². The van der Waals surface area contributed by atoms with Gasteiger partial charge in [0.25, 0.3) is 0 Å². The van der Waals surface area contributed by atoms with E-state index in [1.807, 2.05) is 6.92 Å². The van der Waals surface area contributed by atoms with Gasteiger partial charge in [0.15, 0.2) is 0 Å². The average molecular weight is 379 g/mol. The second-order valence-electron chi connectivity index (χ2n) is 6.04. The smallest absolute Gasteiger partial charge is 0.434 e.